The fourth-order valence-corrected chi connectivity index (χ4v) is 11.5. The molecule has 1 unspecified atom stereocenters. The first-order chi connectivity index (χ1) is 39.7. The lowest BCUT2D eigenvalue weighted by Gasteiger charge is -2.44. The Hall–Kier alpha value is -9.10. The van der Waals surface area contributed by atoms with Gasteiger partial charge in [-0.2, -0.15) is 4.98 Å². The van der Waals surface area contributed by atoms with Crippen LogP contribution in [0.1, 0.15) is 63.2 Å². The van der Waals surface area contributed by atoms with E-state index < -0.39 is 53.1 Å². The molecule has 1 aliphatic rings. The Bertz CT molecular complexity index is 3550. The van der Waals surface area contributed by atoms with Gasteiger partial charge in [0.05, 0.1) is 27.4 Å². The van der Waals surface area contributed by atoms with Crippen LogP contribution in [0.5, 0.6) is 17.2 Å². The lowest BCUT2D eigenvalue weighted by atomic mass is 9.77. The van der Waals surface area contributed by atoms with Gasteiger partial charge in [-0.15, -0.1) is 0 Å². The van der Waals surface area contributed by atoms with Crippen LogP contribution in [0.4, 0.5) is 5.82 Å². The molecule has 1 aliphatic heterocycles. The monoisotopic (exact) mass is 1070 g/mol. The highest BCUT2D eigenvalue weighted by atomic mass is 16.6. The van der Waals surface area contributed by atoms with E-state index in [0.717, 1.165) is 50.1 Å². The highest BCUT2D eigenvalue weighted by Gasteiger charge is 2.57. The van der Waals surface area contributed by atoms with E-state index in [0.29, 0.717) is 23.1 Å². The second kappa shape index (κ2) is 23.7. The van der Waals surface area contributed by atoms with Gasteiger partial charge in [-0.05, 0) is 99.5 Å². The van der Waals surface area contributed by atoms with Crippen molar-refractivity contribution < 1.29 is 33.5 Å². The number of aromatic nitrogens is 2. The van der Waals surface area contributed by atoms with Crippen molar-refractivity contribution in [2.24, 2.45) is 0 Å². The molecule has 11 rings (SSSR count). The first-order valence-corrected chi connectivity index (χ1v) is 27.0. The first-order valence-electron chi connectivity index (χ1n) is 27.0. The van der Waals surface area contributed by atoms with Gasteiger partial charge in [0.25, 0.3) is 0 Å². The lowest BCUT2D eigenvalue weighted by molar-refractivity contribution is -0.159. The summed E-state index contributed by atoms with van der Waals surface area (Å²) in [5.74, 6) is 2.31. The second-order valence-corrected chi connectivity index (χ2v) is 20.0. The zero-order chi connectivity index (χ0) is 55.8. The van der Waals surface area contributed by atoms with Crippen LogP contribution in [0.15, 0.2) is 272 Å². The molecule has 11 nitrogen and oxygen atoms in total. The predicted molar refractivity (Wildman–Crippen MR) is 315 cm³/mol. The van der Waals surface area contributed by atoms with Crippen molar-refractivity contribution in [2.75, 3.05) is 26.6 Å². The number of aliphatic hydroxyl groups excluding tert-OH is 1. The normalized spacial score (nSPS) is 16.8. The maximum Gasteiger partial charge on any atom is 0.351 e. The molecule has 2 heterocycles. The Labute approximate surface area is 472 Å². The molecule has 0 spiro atoms. The third-order valence-electron chi connectivity index (χ3n) is 15.4. The van der Waals surface area contributed by atoms with Crippen molar-refractivity contribution in [3.8, 4) is 17.2 Å². The topological polar surface area (TPSA) is 123 Å². The maximum atomic E-state index is 15.5. The molecule has 1 fully saturated rings. The van der Waals surface area contributed by atoms with E-state index >= 15 is 4.79 Å². The number of hydrogen-bond donors (Lipinski definition) is 2. The van der Waals surface area contributed by atoms with Gasteiger partial charge in [0.15, 0.2) is 6.23 Å². The number of aliphatic hydroxyl groups is 1. The van der Waals surface area contributed by atoms with Crippen LogP contribution in [0.3, 0.4) is 0 Å². The average Bonchev–Trinajstić information content (AvgIpc) is 3.97. The van der Waals surface area contributed by atoms with Crippen LogP contribution >= 0.6 is 0 Å². The number of anilines is 1. The summed E-state index contributed by atoms with van der Waals surface area (Å²) in [6.45, 7) is 1.67. The highest BCUT2D eigenvalue weighted by molar-refractivity contribution is 5.59. The van der Waals surface area contributed by atoms with Gasteiger partial charge in [0.2, 0.25) is 0 Å². The third kappa shape index (κ3) is 10.3. The summed E-state index contributed by atoms with van der Waals surface area (Å²) in [5, 5.41) is 16.0. The molecule has 0 bridgehead atoms. The van der Waals surface area contributed by atoms with Gasteiger partial charge in [0.1, 0.15) is 58.1 Å². The summed E-state index contributed by atoms with van der Waals surface area (Å²) < 4.78 is 41.8. The van der Waals surface area contributed by atoms with Crippen LogP contribution in [0.2, 0.25) is 0 Å². The van der Waals surface area contributed by atoms with E-state index in [1.807, 2.05) is 231 Å². The minimum absolute atomic E-state index is 0.294. The van der Waals surface area contributed by atoms with Crippen molar-refractivity contribution in [3.05, 3.63) is 328 Å². The summed E-state index contributed by atoms with van der Waals surface area (Å²) in [7, 11) is 4.91. The van der Waals surface area contributed by atoms with Crippen molar-refractivity contribution in [1.29, 1.82) is 0 Å². The highest BCUT2D eigenvalue weighted by Crippen LogP contribution is 2.51. The summed E-state index contributed by atoms with van der Waals surface area (Å²) >= 11 is 0. The molecule has 0 radical (unpaired) electrons. The van der Waals surface area contributed by atoms with Gasteiger partial charge in [-0.1, -0.05) is 218 Å². The van der Waals surface area contributed by atoms with E-state index in [1.54, 1.807) is 40.5 Å². The van der Waals surface area contributed by atoms with Gasteiger partial charge in [0, 0.05) is 6.20 Å². The molecule has 10 aromatic rings. The van der Waals surface area contributed by atoms with Crippen molar-refractivity contribution in [1.82, 2.24) is 9.55 Å². The van der Waals surface area contributed by atoms with Crippen LogP contribution in [-0.2, 0) is 31.0 Å². The Morgan fingerprint density at radius 3 is 1.09 bits per heavy atom. The molecular formula is C70H63N3O8. The fraction of sp³-hybridized carbons (Fsp3) is 0.171. The van der Waals surface area contributed by atoms with E-state index in [1.165, 1.54) is 4.57 Å². The standard InChI is InChI=1S/C70H63N3O8/c1-49(74)63-64(80-69(53-27-15-7-16-28-53,54-29-17-8-18-30-54)57-37-43-60(77-3)44-38-57)65(81-70(55-31-19-9-20-32-55,56-33-21-10-22-34-56)58-39-45-61(78-4)46-40-58)66(79-63)73-48-47-62(71-67(73)75)72-68(50-23-11-5-12-24-50,51-25-13-6-14-26-51)52-35-41-59(76-2)42-36-52/h5-49,63-66,74H,1-4H3,(H,71,72,75)/t49-,63?,64+,65-,66+/m0/s1. The smallest absolute Gasteiger partial charge is 0.351 e. The zero-order valence-electron chi connectivity index (χ0n) is 45.5. The van der Waals surface area contributed by atoms with Gasteiger partial charge in [-0.3, -0.25) is 4.57 Å². The molecule has 5 atom stereocenters. The van der Waals surface area contributed by atoms with Gasteiger partial charge >= 0.3 is 5.69 Å². The predicted octanol–water partition coefficient (Wildman–Crippen LogP) is 12.7. The quantitative estimate of drug-likeness (QED) is 0.0713. The molecule has 0 aliphatic carbocycles. The van der Waals surface area contributed by atoms with Crippen molar-refractivity contribution in [3.63, 3.8) is 0 Å². The van der Waals surface area contributed by atoms with Crippen molar-refractivity contribution in [2.45, 2.75) is 54.3 Å². The second-order valence-electron chi connectivity index (χ2n) is 20.0. The van der Waals surface area contributed by atoms with E-state index in [-0.39, 0.29) is 0 Å². The Kier molecular flexibility index (Phi) is 15.8. The van der Waals surface area contributed by atoms with E-state index in [2.05, 4.69) is 29.6 Å². The molecule has 11 heteroatoms. The molecule has 2 N–H and O–H groups in total. The molecule has 1 saturated heterocycles. The Morgan fingerprint density at radius 1 is 0.444 bits per heavy atom. The van der Waals surface area contributed by atoms with Crippen LogP contribution in [0.25, 0.3) is 0 Å². The van der Waals surface area contributed by atoms with Crippen LogP contribution in [-0.4, -0.2) is 60.4 Å². The Balaban J connectivity index is 1.14. The molecule has 0 saturated carbocycles. The average molecular weight is 1070 g/mol. The number of rotatable bonds is 20. The number of nitrogens with one attached hydrogen (secondary N) is 1. The molecule has 81 heavy (non-hydrogen) atoms. The summed E-state index contributed by atoms with van der Waals surface area (Å²) in [6, 6.07) is 85.4. The molecule has 9 aromatic carbocycles. The number of hydrogen-bond acceptors (Lipinski definition) is 10. The van der Waals surface area contributed by atoms with Crippen LogP contribution < -0.4 is 25.2 Å². The van der Waals surface area contributed by atoms with Gasteiger partial charge < -0.3 is 38.8 Å². The van der Waals surface area contributed by atoms with E-state index in [9.17, 15) is 5.11 Å². The fourth-order valence-electron chi connectivity index (χ4n) is 11.5. The molecule has 0 amide bonds. The minimum atomic E-state index is -1.42. The molecular weight excluding hydrogens is 1010 g/mol. The minimum Gasteiger partial charge on any atom is -0.497 e. The number of methoxy groups -OCH3 is 3. The number of ether oxygens (including phenoxy) is 6. The number of nitrogens with zero attached hydrogens (tertiary/aromatic N) is 2. The largest absolute Gasteiger partial charge is 0.497 e. The van der Waals surface area contributed by atoms with Crippen molar-refractivity contribution >= 4 is 5.82 Å². The SMILES string of the molecule is COc1ccc(C(Nc2ccn([C@@H]3OC([C@H](C)O)[C@@H](OC(c4ccccc4)(c4ccccc4)c4ccc(OC)cc4)[C@@H]3OC(c3ccccc3)(c3ccccc3)c3ccc(OC)cc3)c(=O)n2)(c2ccccc2)c2ccccc2)cc1. The molecule has 1 aromatic heterocycles. The summed E-state index contributed by atoms with van der Waals surface area (Å²) in [4.78, 5) is 20.4. The summed E-state index contributed by atoms with van der Waals surface area (Å²) in [5.41, 5.74) is 2.91. The number of benzene rings is 9. The van der Waals surface area contributed by atoms with E-state index in [4.69, 9.17) is 33.4 Å². The lowest BCUT2D eigenvalue weighted by Crippen LogP contribution is -2.50. The molecule has 406 valence electrons. The third-order valence-corrected chi connectivity index (χ3v) is 15.4. The first kappa shape index (κ1) is 53.9. The maximum absolute atomic E-state index is 15.5. The zero-order valence-corrected chi connectivity index (χ0v) is 45.5. The van der Waals surface area contributed by atoms with Crippen LogP contribution in [0, 0.1) is 0 Å². The summed E-state index contributed by atoms with van der Waals surface area (Å²) in [6.07, 6.45) is -4.17. The van der Waals surface area contributed by atoms with Gasteiger partial charge in [-0.25, -0.2) is 4.79 Å². The Morgan fingerprint density at radius 2 is 0.753 bits per heavy atom.